The Morgan fingerprint density at radius 3 is 3.12 bits per heavy atom. The third-order valence-electron chi connectivity index (χ3n) is 2.69. The first-order valence-corrected chi connectivity index (χ1v) is 5.55. The van der Waals surface area contributed by atoms with Gasteiger partial charge in [0.2, 0.25) is 5.28 Å². The van der Waals surface area contributed by atoms with E-state index in [9.17, 15) is 0 Å². The maximum Gasteiger partial charge on any atom is 0.222 e. The fourth-order valence-corrected chi connectivity index (χ4v) is 1.95. The van der Waals surface area contributed by atoms with Gasteiger partial charge in [0.25, 0.3) is 0 Å². The van der Waals surface area contributed by atoms with Crippen LogP contribution in [0, 0.1) is 0 Å². The van der Waals surface area contributed by atoms with E-state index in [1.165, 1.54) is 0 Å². The van der Waals surface area contributed by atoms with E-state index in [1.54, 1.807) is 6.20 Å². The normalized spacial score (nSPS) is 21.5. The molecule has 6 heteroatoms. The summed E-state index contributed by atoms with van der Waals surface area (Å²) in [7, 11) is 0. The van der Waals surface area contributed by atoms with E-state index >= 15 is 0 Å². The Balaban J connectivity index is 0.00000128. The van der Waals surface area contributed by atoms with Gasteiger partial charge >= 0.3 is 0 Å². The molecule has 0 bridgehead atoms. The first-order chi connectivity index (χ1) is 7.25. The zero-order valence-electron chi connectivity index (χ0n) is 9.19. The fourth-order valence-electron chi connectivity index (χ4n) is 1.78. The molecule has 1 aromatic heterocycles. The summed E-state index contributed by atoms with van der Waals surface area (Å²) in [5.74, 6) is 0. The summed E-state index contributed by atoms with van der Waals surface area (Å²) in [5.41, 5.74) is 0.990. The average molecular weight is 263 g/mol. The molecule has 1 aliphatic rings. The van der Waals surface area contributed by atoms with Crippen LogP contribution in [0.5, 0.6) is 0 Å². The van der Waals surface area contributed by atoms with Crippen molar-refractivity contribution in [2.45, 2.75) is 19.5 Å². The second kappa shape index (κ2) is 6.35. The molecule has 90 valence electrons. The van der Waals surface area contributed by atoms with E-state index in [4.69, 9.17) is 11.6 Å². The summed E-state index contributed by atoms with van der Waals surface area (Å²) in [6.07, 6.45) is 1.71. The van der Waals surface area contributed by atoms with Crippen molar-refractivity contribution < 1.29 is 0 Å². The van der Waals surface area contributed by atoms with Crippen LogP contribution in [-0.2, 0) is 6.54 Å². The van der Waals surface area contributed by atoms with Crippen molar-refractivity contribution in [3.8, 4) is 0 Å². The van der Waals surface area contributed by atoms with Crippen molar-refractivity contribution in [3.63, 3.8) is 0 Å². The van der Waals surface area contributed by atoms with E-state index in [1.807, 2.05) is 6.07 Å². The summed E-state index contributed by atoms with van der Waals surface area (Å²) >= 11 is 5.75. The Morgan fingerprint density at radius 1 is 1.62 bits per heavy atom. The molecule has 0 saturated carbocycles. The number of halogens is 2. The topological polar surface area (TPSA) is 41.0 Å². The molecule has 1 unspecified atom stereocenters. The number of nitrogens with zero attached hydrogens (tertiary/aromatic N) is 3. The minimum absolute atomic E-state index is 0. The van der Waals surface area contributed by atoms with Crippen molar-refractivity contribution in [2.75, 3.05) is 19.6 Å². The van der Waals surface area contributed by atoms with Crippen LogP contribution in [0.2, 0.25) is 5.28 Å². The molecule has 0 aromatic carbocycles. The number of aromatic nitrogens is 2. The van der Waals surface area contributed by atoms with Crippen molar-refractivity contribution in [1.82, 2.24) is 20.2 Å². The molecular formula is C10H16Cl2N4. The second-order valence-electron chi connectivity index (χ2n) is 3.84. The second-order valence-corrected chi connectivity index (χ2v) is 4.18. The van der Waals surface area contributed by atoms with Crippen LogP contribution in [0.3, 0.4) is 0 Å². The molecule has 1 aliphatic heterocycles. The lowest BCUT2D eigenvalue weighted by Gasteiger charge is -2.33. The van der Waals surface area contributed by atoms with Crippen molar-refractivity contribution in [3.05, 3.63) is 23.2 Å². The molecule has 0 aliphatic carbocycles. The van der Waals surface area contributed by atoms with Gasteiger partial charge in [-0.2, -0.15) is 0 Å². The maximum absolute atomic E-state index is 5.75. The predicted octanol–water partition coefficient (Wildman–Crippen LogP) is 1.35. The third-order valence-corrected chi connectivity index (χ3v) is 2.87. The monoisotopic (exact) mass is 262 g/mol. The third kappa shape index (κ3) is 3.56. The minimum Gasteiger partial charge on any atom is -0.314 e. The number of hydrogen-bond acceptors (Lipinski definition) is 4. The number of nitrogens with one attached hydrogen (secondary N) is 1. The molecule has 1 atom stereocenters. The zero-order chi connectivity index (χ0) is 10.7. The largest absolute Gasteiger partial charge is 0.314 e. The first kappa shape index (κ1) is 13.6. The van der Waals surface area contributed by atoms with Crippen LogP contribution in [0.4, 0.5) is 0 Å². The predicted molar refractivity (Wildman–Crippen MR) is 67.0 cm³/mol. The molecular weight excluding hydrogens is 247 g/mol. The Kier molecular flexibility index (Phi) is 5.41. The van der Waals surface area contributed by atoms with Crippen LogP contribution in [0.1, 0.15) is 12.6 Å². The van der Waals surface area contributed by atoms with Gasteiger partial charge in [0.15, 0.2) is 0 Å². The smallest absolute Gasteiger partial charge is 0.222 e. The lowest BCUT2D eigenvalue weighted by Crippen LogP contribution is -2.49. The highest BCUT2D eigenvalue weighted by Crippen LogP contribution is 2.09. The van der Waals surface area contributed by atoms with E-state index in [-0.39, 0.29) is 12.4 Å². The average Bonchev–Trinajstić information content (AvgIpc) is 2.22. The highest BCUT2D eigenvalue weighted by Gasteiger charge is 2.18. The van der Waals surface area contributed by atoms with Gasteiger partial charge in [-0.1, -0.05) is 0 Å². The van der Waals surface area contributed by atoms with Crippen LogP contribution in [0.15, 0.2) is 12.3 Å². The van der Waals surface area contributed by atoms with Gasteiger partial charge in [-0.15, -0.1) is 12.4 Å². The Morgan fingerprint density at radius 2 is 2.44 bits per heavy atom. The summed E-state index contributed by atoms with van der Waals surface area (Å²) in [4.78, 5) is 10.5. The molecule has 1 N–H and O–H groups in total. The van der Waals surface area contributed by atoms with Gasteiger partial charge in [0.1, 0.15) is 0 Å². The molecule has 0 amide bonds. The Hall–Kier alpha value is -0.420. The summed E-state index contributed by atoms with van der Waals surface area (Å²) in [6, 6.07) is 2.47. The molecule has 0 spiro atoms. The van der Waals surface area contributed by atoms with E-state index in [2.05, 4.69) is 27.1 Å². The summed E-state index contributed by atoms with van der Waals surface area (Å²) in [5, 5.41) is 3.69. The van der Waals surface area contributed by atoms with Crippen LogP contribution < -0.4 is 5.32 Å². The molecule has 1 saturated heterocycles. The van der Waals surface area contributed by atoms with Crippen LogP contribution >= 0.6 is 24.0 Å². The Labute approximate surface area is 107 Å². The highest BCUT2D eigenvalue weighted by atomic mass is 35.5. The lowest BCUT2D eigenvalue weighted by molar-refractivity contribution is 0.163. The zero-order valence-corrected chi connectivity index (χ0v) is 10.8. The SMILES string of the molecule is CC1CNCCN1Cc1ccnc(Cl)n1.Cl. The number of piperazine rings is 1. The number of hydrogen-bond donors (Lipinski definition) is 1. The number of rotatable bonds is 2. The van der Waals surface area contributed by atoms with Gasteiger partial charge in [0.05, 0.1) is 5.69 Å². The molecule has 1 fully saturated rings. The highest BCUT2D eigenvalue weighted by molar-refractivity contribution is 6.28. The molecule has 4 nitrogen and oxygen atoms in total. The standard InChI is InChI=1S/C10H15ClN4.ClH/c1-8-6-12-4-5-15(8)7-9-2-3-13-10(11)14-9;/h2-3,8,12H,4-7H2,1H3;1H. The lowest BCUT2D eigenvalue weighted by atomic mass is 10.2. The molecule has 2 rings (SSSR count). The minimum atomic E-state index is 0. The van der Waals surface area contributed by atoms with E-state index < -0.39 is 0 Å². The van der Waals surface area contributed by atoms with E-state index in [0.29, 0.717) is 11.3 Å². The molecule has 1 aromatic rings. The van der Waals surface area contributed by atoms with Crippen LogP contribution in [-0.4, -0.2) is 40.5 Å². The van der Waals surface area contributed by atoms with Gasteiger partial charge in [-0.25, -0.2) is 9.97 Å². The molecule has 2 heterocycles. The van der Waals surface area contributed by atoms with Gasteiger partial charge in [-0.05, 0) is 24.6 Å². The van der Waals surface area contributed by atoms with Crippen molar-refractivity contribution in [1.29, 1.82) is 0 Å². The fraction of sp³-hybridized carbons (Fsp3) is 0.600. The summed E-state index contributed by atoms with van der Waals surface area (Å²) < 4.78 is 0. The molecule has 0 radical (unpaired) electrons. The van der Waals surface area contributed by atoms with Crippen molar-refractivity contribution in [2.24, 2.45) is 0 Å². The van der Waals surface area contributed by atoms with Gasteiger partial charge in [0, 0.05) is 38.4 Å². The van der Waals surface area contributed by atoms with E-state index in [0.717, 1.165) is 31.9 Å². The van der Waals surface area contributed by atoms with Crippen LogP contribution in [0.25, 0.3) is 0 Å². The summed E-state index contributed by atoms with van der Waals surface area (Å²) in [6.45, 7) is 6.21. The maximum atomic E-state index is 5.75. The quantitative estimate of drug-likeness (QED) is 0.818. The molecule has 16 heavy (non-hydrogen) atoms. The first-order valence-electron chi connectivity index (χ1n) is 5.18. The Bertz CT molecular complexity index is 334. The van der Waals surface area contributed by atoms with Gasteiger partial charge < -0.3 is 5.32 Å². The van der Waals surface area contributed by atoms with Crippen molar-refractivity contribution >= 4 is 24.0 Å². The van der Waals surface area contributed by atoms with Gasteiger partial charge in [-0.3, -0.25) is 4.90 Å².